The summed E-state index contributed by atoms with van der Waals surface area (Å²) in [6, 6.07) is 51.0. The van der Waals surface area contributed by atoms with Crippen LogP contribution >= 0.6 is 0 Å². The Labute approximate surface area is 304 Å². The van der Waals surface area contributed by atoms with Crippen LogP contribution in [0.2, 0.25) is 0 Å². The fourth-order valence-corrected chi connectivity index (χ4v) is 10.1. The molecule has 4 aliphatic carbocycles. The standard InChI is InChI=1S/C48H38N4/c49-30-31-15-16-36-9-6-14-43(44(36)24-31)39-11-5-13-41(26-39)47-51-45(50-46(52-47)40-12-4-10-38(25-40)35-7-2-1-3-8-35)37-17-19-42(20-18-37)48-27-32-21-33(28-48)23-34(22-32)29-48/h1-20,24-26,32-34H,21-23,27-29H2/t32-,33+,34-,48?. The lowest BCUT2D eigenvalue weighted by molar-refractivity contribution is -0.00518. The van der Waals surface area contributed by atoms with Crippen LogP contribution < -0.4 is 0 Å². The van der Waals surface area contributed by atoms with Crippen molar-refractivity contribution in [2.75, 3.05) is 0 Å². The molecule has 0 atom stereocenters. The van der Waals surface area contributed by atoms with Gasteiger partial charge in [0.25, 0.3) is 0 Å². The molecule has 4 nitrogen and oxygen atoms in total. The fourth-order valence-electron chi connectivity index (χ4n) is 10.1. The first kappa shape index (κ1) is 30.9. The zero-order valence-electron chi connectivity index (χ0n) is 29.0. The number of hydrogen-bond donors (Lipinski definition) is 0. The van der Waals surface area contributed by atoms with Crippen LogP contribution in [0.15, 0.2) is 140 Å². The third-order valence-corrected chi connectivity index (χ3v) is 12.1. The minimum Gasteiger partial charge on any atom is -0.208 e. The lowest BCUT2D eigenvalue weighted by Gasteiger charge is -2.57. The average molecular weight is 671 g/mol. The largest absolute Gasteiger partial charge is 0.208 e. The lowest BCUT2D eigenvalue weighted by atomic mass is 9.48. The molecule has 4 saturated carbocycles. The van der Waals surface area contributed by atoms with E-state index in [1.807, 2.05) is 24.3 Å². The predicted molar refractivity (Wildman–Crippen MR) is 209 cm³/mol. The third kappa shape index (κ3) is 5.49. The zero-order valence-corrected chi connectivity index (χ0v) is 29.0. The van der Waals surface area contributed by atoms with Crippen LogP contribution in [0, 0.1) is 29.1 Å². The van der Waals surface area contributed by atoms with Gasteiger partial charge in [0.15, 0.2) is 17.5 Å². The summed E-state index contributed by atoms with van der Waals surface area (Å²) >= 11 is 0. The number of hydrogen-bond acceptors (Lipinski definition) is 4. The van der Waals surface area contributed by atoms with E-state index in [0.29, 0.717) is 28.5 Å². The highest BCUT2D eigenvalue weighted by Gasteiger charge is 2.51. The van der Waals surface area contributed by atoms with Gasteiger partial charge in [-0.25, -0.2) is 15.0 Å². The second-order valence-electron chi connectivity index (χ2n) is 15.5. The molecule has 4 bridgehead atoms. The number of rotatable bonds is 6. The number of benzene rings is 6. The molecule has 1 heterocycles. The van der Waals surface area contributed by atoms with Gasteiger partial charge in [-0.15, -0.1) is 0 Å². The molecule has 0 spiro atoms. The quantitative estimate of drug-likeness (QED) is 0.177. The molecule has 4 heteroatoms. The molecule has 0 aliphatic heterocycles. The maximum atomic E-state index is 9.63. The molecule has 250 valence electrons. The number of aromatic nitrogens is 3. The maximum Gasteiger partial charge on any atom is 0.164 e. The molecule has 0 radical (unpaired) electrons. The van der Waals surface area contributed by atoms with Crippen molar-refractivity contribution < 1.29 is 0 Å². The maximum absolute atomic E-state index is 9.63. The Morgan fingerprint density at radius 2 is 1.04 bits per heavy atom. The van der Waals surface area contributed by atoms with Gasteiger partial charge in [-0.05, 0) is 125 Å². The highest BCUT2D eigenvalue weighted by atomic mass is 15.0. The van der Waals surface area contributed by atoms with Gasteiger partial charge >= 0.3 is 0 Å². The van der Waals surface area contributed by atoms with Gasteiger partial charge < -0.3 is 0 Å². The van der Waals surface area contributed by atoms with Crippen molar-refractivity contribution in [1.29, 1.82) is 5.26 Å². The molecule has 7 aromatic rings. The molecule has 0 unspecified atom stereocenters. The predicted octanol–water partition coefficient (Wildman–Crippen LogP) is 11.7. The van der Waals surface area contributed by atoms with E-state index < -0.39 is 0 Å². The Morgan fingerprint density at radius 1 is 0.481 bits per heavy atom. The summed E-state index contributed by atoms with van der Waals surface area (Å²) in [7, 11) is 0. The van der Waals surface area contributed by atoms with Crippen LogP contribution in [0.4, 0.5) is 0 Å². The first-order chi connectivity index (χ1) is 25.6. The monoisotopic (exact) mass is 670 g/mol. The summed E-state index contributed by atoms with van der Waals surface area (Å²) in [5.41, 5.74) is 9.76. The van der Waals surface area contributed by atoms with E-state index in [-0.39, 0.29) is 0 Å². The summed E-state index contributed by atoms with van der Waals surface area (Å²) < 4.78 is 0. The highest BCUT2D eigenvalue weighted by Crippen LogP contribution is 2.60. The Balaban J connectivity index is 1.08. The van der Waals surface area contributed by atoms with Gasteiger partial charge in [-0.3, -0.25) is 0 Å². The third-order valence-electron chi connectivity index (χ3n) is 12.1. The fraction of sp³-hybridized carbons (Fsp3) is 0.208. The Bertz CT molecular complexity index is 2480. The Hall–Kier alpha value is -5.92. The van der Waals surface area contributed by atoms with Gasteiger partial charge in [0.05, 0.1) is 11.6 Å². The van der Waals surface area contributed by atoms with Gasteiger partial charge in [0.1, 0.15) is 0 Å². The van der Waals surface area contributed by atoms with Gasteiger partial charge in [0, 0.05) is 16.7 Å². The number of fused-ring (bicyclic) bond motifs is 1. The molecule has 0 amide bonds. The van der Waals surface area contributed by atoms with E-state index in [4.69, 9.17) is 15.0 Å². The van der Waals surface area contributed by atoms with Crippen LogP contribution in [-0.2, 0) is 5.41 Å². The molecule has 1 aromatic heterocycles. The number of nitriles is 1. The van der Waals surface area contributed by atoms with Crippen LogP contribution in [0.1, 0.15) is 49.7 Å². The summed E-state index contributed by atoms with van der Waals surface area (Å²) in [4.78, 5) is 15.4. The minimum absolute atomic E-state index is 0.344. The van der Waals surface area contributed by atoms with E-state index in [0.717, 1.165) is 67.5 Å². The average Bonchev–Trinajstić information content (AvgIpc) is 3.20. The molecule has 4 fully saturated rings. The summed E-state index contributed by atoms with van der Waals surface area (Å²) in [5, 5.41) is 11.8. The van der Waals surface area contributed by atoms with Crippen molar-refractivity contribution in [1.82, 2.24) is 15.0 Å². The lowest BCUT2D eigenvalue weighted by Crippen LogP contribution is -2.48. The summed E-state index contributed by atoms with van der Waals surface area (Å²) in [5.74, 6) is 4.68. The van der Waals surface area contributed by atoms with Gasteiger partial charge in [-0.1, -0.05) is 115 Å². The van der Waals surface area contributed by atoms with Crippen molar-refractivity contribution in [3.05, 3.63) is 151 Å². The van der Waals surface area contributed by atoms with E-state index in [2.05, 4.69) is 121 Å². The zero-order chi connectivity index (χ0) is 34.6. The van der Waals surface area contributed by atoms with Crippen LogP contribution in [0.3, 0.4) is 0 Å². The van der Waals surface area contributed by atoms with Crippen LogP contribution in [-0.4, -0.2) is 15.0 Å². The van der Waals surface area contributed by atoms with E-state index in [9.17, 15) is 5.26 Å². The van der Waals surface area contributed by atoms with E-state index in [1.165, 1.54) is 44.1 Å². The first-order valence-corrected chi connectivity index (χ1v) is 18.7. The van der Waals surface area contributed by atoms with Crippen LogP contribution in [0.25, 0.3) is 67.2 Å². The van der Waals surface area contributed by atoms with Crippen LogP contribution in [0.5, 0.6) is 0 Å². The molecule has 0 saturated heterocycles. The Kier molecular flexibility index (Phi) is 7.35. The molecular weight excluding hydrogens is 633 g/mol. The van der Waals surface area contributed by atoms with Crippen molar-refractivity contribution in [3.63, 3.8) is 0 Å². The van der Waals surface area contributed by atoms with Gasteiger partial charge in [-0.2, -0.15) is 5.26 Å². The van der Waals surface area contributed by atoms with E-state index >= 15 is 0 Å². The topological polar surface area (TPSA) is 62.5 Å². The van der Waals surface area contributed by atoms with Gasteiger partial charge in [0.2, 0.25) is 0 Å². The second-order valence-corrected chi connectivity index (χ2v) is 15.5. The van der Waals surface area contributed by atoms with Crippen molar-refractivity contribution >= 4 is 10.8 Å². The van der Waals surface area contributed by atoms with Crippen molar-refractivity contribution in [2.45, 2.75) is 43.9 Å². The highest BCUT2D eigenvalue weighted by molar-refractivity contribution is 5.98. The summed E-state index contributed by atoms with van der Waals surface area (Å²) in [6.07, 6.45) is 8.38. The first-order valence-electron chi connectivity index (χ1n) is 18.7. The van der Waals surface area contributed by atoms with Crippen molar-refractivity contribution in [2.24, 2.45) is 17.8 Å². The minimum atomic E-state index is 0.344. The smallest absolute Gasteiger partial charge is 0.164 e. The molecule has 0 N–H and O–H groups in total. The summed E-state index contributed by atoms with van der Waals surface area (Å²) in [6.45, 7) is 0. The van der Waals surface area contributed by atoms with E-state index in [1.54, 1.807) is 0 Å². The molecule has 11 rings (SSSR count). The Morgan fingerprint density at radius 3 is 1.69 bits per heavy atom. The molecule has 52 heavy (non-hydrogen) atoms. The molecule has 6 aromatic carbocycles. The normalized spacial score (nSPS) is 21.6. The molecule has 4 aliphatic rings. The second kappa shape index (κ2) is 12.4. The SMILES string of the molecule is N#Cc1ccc2cccc(-c3cccc(-c4nc(-c5ccc(C67C[C@H]8C[C@@H](C6)C[C@@H](C7)C8)cc5)nc(-c5cccc(-c6ccccc6)c5)n4)c3)c2c1. The van der Waals surface area contributed by atoms with Crippen molar-refractivity contribution in [3.8, 4) is 62.5 Å². The number of nitrogens with zero attached hydrogens (tertiary/aromatic N) is 4. The molecular formula is C48H38N4.